The van der Waals surface area contributed by atoms with Gasteiger partial charge >= 0.3 is 0 Å². The number of methoxy groups -OCH3 is 1. The van der Waals surface area contributed by atoms with E-state index in [1.165, 1.54) is 0 Å². The number of rotatable bonds is 9. The Kier molecular flexibility index (Phi) is 9.09. The van der Waals surface area contributed by atoms with Crippen molar-refractivity contribution in [2.45, 2.75) is 46.1 Å². The molecule has 0 fully saturated rings. The zero-order valence-electron chi connectivity index (χ0n) is 11.7. The van der Waals surface area contributed by atoms with E-state index in [0.717, 1.165) is 12.8 Å². The molecule has 0 aromatic heterocycles. The van der Waals surface area contributed by atoms with Crippen LogP contribution in [0.1, 0.15) is 40.0 Å². The second-order valence-corrected chi connectivity index (χ2v) is 4.61. The molecule has 0 saturated heterocycles. The highest BCUT2D eigenvalue weighted by Crippen LogP contribution is 2.13. The van der Waals surface area contributed by atoms with Gasteiger partial charge in [0.2, 0.25) is 5.91 Å². The molecular weight excluding hydrogens is 216 g/mol. The fraction of sp³-hybridized carbons (Fsp3) is 0.923. The van der Waals surface area contributed by atoms with Crippen LogP contribution >= 0.6 is 0 Å². The Hall–Kier alpha value is -0.610. The fourth-order valence-electron chi connectivity index (χ4n) is 2.14. The molecule has 0 aliphatic carbocycles. The molecule has 1 atom stereocenters. The van der Waals surface area contributed by atoms with Gasteiger partial charge in [-0.05, 0) is 18.8 Å². The number of carbonyl (C=O) groups is 1. The Morgan fingerprint density at radius 1 is 1.35 bits per heavy atom. The minimum atomic E-state index is 0.203. The molecule has 0 aromatic rings. The Bertz CT molecular complexity index is 206. The van der Waals surface area contributed by atoms with Gasteiger partial charge in [0.1, 0.15) is 0 Å². The maximum Gasteiger partial charge on any atom is 0.223 e. The summed E-state index contributed by atoms with van der Waals surface area (Å²) in [5, 5.41) is 0. The lowest BCUT2D eigenvalue weighted by molar-refractivity contribution is -0.134. The van der Waals surface area contributed by atoms with Crippen molar-refractivity contribution in [3.63, 3.8) is 0 Å². The maximum absolute atomic E-state index is 12.2. The van der Waals surface area contributed by atoms with Gasteiger partial charge in [0.05, 0.1) is 0 Å². The molecule has 0 rings (SSSR count). The lowest BCUT2D eigenvalue weighted by atomic mass is 10.1. The number of ether oxygens (including phenoxy) is 1. The normalized spacial score (nSPS) is 12.8. The third kappa shape index (κ3) is 6.03. The van der Waals surface area contributed by atoms with Gasteiger partial charge in [0, 0.05) is 39.3 Å². The minimum absolute atomic E-state index is 0.203. The summed E-state index contributed by atoms with van der Waals surface area (Å²) in [5.74, 6) is 0.468. The Morgan fingerprint density at radius 3 is 2.35 bits per heavy atom. The summed E-state index contributed by atoms with van der Waals surface area (Å²) < 4.78 is 5.06. The summed E-state index contributed by atoms with van der Waals surface area (Å²) in [7, 11) is 1.67. The zero-order chi connectivity index (χ0) is 13.3. The molecule has 1 amide bonds. The molecule has 0 radical (unpaired) electrons. The van der Waals surface area contributed by atoms with Crippen LogP contribution in [0.25, 0.3) is 0 Å². The second kappa shape index (κ2) is 9.42. The number of nitrogens with two attached hydrogens (primary N) is 1. The van der Waals surface area contributed by atoms with E-state index in [4.69, 9.17) is 10.5 Å². The van der Waals surface area contributed by atoms with Crippen LogP contribution in [-0.2, 0) is 9.53 Å². The van der Waals surface area contributed by atoms with Crippen molar-refractivity contribution in [3.8, 4) is 0 Å². The molecule has 102 valence electrons. The van der Waals surface area contributed by atoms with Gasteiger partial charge in [-0.15, -0.1) is 0 Å². The van der Waals surface area contributed by atoms with Crippen LogP contribution < -0.4 is 5.73 Å². The van der Waals surface area contributed by atoms with Crippen molar-refractivity contribution in [1.82, 2.24) is 4.90 Å². The van der Waals surface area contributed by atoms with Crippen LogP contribution in [0.3, 0.4) is 0 Å². The lowest BCUT2D eigenvalue weighted by Crippen LogP contribution is -2.43. The molecule has 0 aliphatic heterocycles. The Labute approximate surface area is 105 Å². The van der Waals surface area contributed by atoms with Gasteiger partial charge in [-0.25, -0.2) is 0 Å². The van der Waals surface area contributed by atoms with Crippen LogP contribution in [0, 0.1) is 5.92 Å². The molecule has 1 unspecified atom stereocenters. The smallest absolute Gasteiger partial charge is 0.223 e. The van der Waals surface area contributed by atoms with E-state index < -0.39 is 0 Å². The van der Waals surface area contributed by atoms with Crippen LogP contribution in [-0.4, -0.2) is 43.7 Å². The van der Waals surface area contributed by atoms with Crippen LogP contribution in [0.15, 0.2) is 0 Å². The number of hydrogen-bond donors (Lipinski definition) is 1. The second-order valence-electron chi connectivity index (χ2n) is 4.61. The highest BCUT2D eigenvalue weighted by Gasteiger charge is 2.21. The van der Waals surface area contributed by atoms with Crippen molar-refractivity contribution in [3.05, 3.63) is 0 Å². The number of carbonyl (C=O) groups excluding carboxylic acids is 1. The van der Waals surface area contributed by atoms with Crippen molar-refractivity contribution in [2.75, 3.05) is 26.8 Å². The summed E-state index contributed by atoms with van der Waals surface area (Å²) in [6.07, 6.45) is 2.52. The molecule has 0 saturated carbocycles. The number of amides is 1. The van der Waals surface area contributed by atoms with Gasteiger partial charge in [-0.2, -0.15) is 0 Å². The highest BCUT2D eigenvalue weighted by atomic mass is 16.5. The molecule has 0 bridgehead atoms. The summed E-state index contributed by atoms with van der Waals surface area (Å²) in [5.41, 5.74) is 5.59. The molecule has 0 spiro atoms. The summed E-state index contributed by atoms with van der Waals surface area (Å²) >= 11 is 0. The first-order chi connectivity index (χ1) is 8.10. The van der Waals surface area contributed by atoms with Crippen molar-refractivity contribution in [2.24, 2.45) is 11.7 Å². The Morgan fingerprint density at radius 2 is 1.94 bits per heavy atom. The first-order valence-corrected chi connectivity index (χ1v) is 6.59. The first-order valence-electron chi connectivity index (χ1n) is 6.59. The Balaban J connectivity index is 4.42. The molecule has 17 heavy (non-hydrogen) atoms. The van der Waals surface area contributed by atoms with Crippen molar-refractivity contribution >= 4 is 5.91 Å². The third-order valence-electron chi connectivity index (χ3n) is 3.05. The van der Waals surface area contributed by atoms with Crippen molar-refractivity contribution in [1.29, 1.82) is 0 Å². The van der Waals surface area contributed by atoms with Gasteiger partial charge in [-0.3, -0.25) is 4.79 Å². The van der Waals surface area contributed by atoms with E-state index >= 15 is 0 Å². The molecule has 0 heterocycles. The zero-order valence-corrected chi connectivity index (χ0v) is 11.7. The minimum Gasteiger partial charge on any atom is -0.384 e. The molecule has 4 heteroatoms. The fourth-order valence-corrected chi connectivity index (χ4v) is 2.14. The molecule has 2 N–H and O–H groups in total. The molecule has 4 nitrogen and oxygen atoms in total. The molecule has 0 aromatic carbocycles. The quantitative estimate of drug-likeness (QED) is 0.671. The predicted molar refractivity (Wildman–Crippen MR) is 70.8 cm³/mol. The maximum atomic E-state index is 12.2. The lowest BCUT2D eigenvalue weighted by Gasteiger charge is -2.31. The SMILES string of the molecule is CCC(CC)N(CCN)C(=O)CC(C)COC. The van der Waals surface area contributed by atoms with Crippen LogP contribution in [0.2, 0.25) is 0 Å². The highest BCUT2D eigenvalue weighted by molar-refractivity contribution is 5.76. The number of nitrogens with zero attached hydrogens (tertiary/aromatic N) is 1. The van der Waals surface area contributed by atoms with E-state index in [2.05, 4.69) is 13.8 Å². The summed E-state index contributed by atoms with van der Waals surface area (Å²) in [4.78, 5) is 14.1. The van der Waals surface area contributed by atoms with Crippen LogP contribution in [0.4, 0.5) is 0 Å². The molecular formula is C13H28N2O2. The average molecular weight is 244 g/mol. The molecule has 0 aliphatic rings. The van der Waals surface area contributed by atoms with Gasteiger partial charge in [0.25, 0.3) is 0 Å². The van der Waals surface area contributed by atoms with Gasteiger partial charge < -0.3 is 15.4 Å². The summed E-state index contributed by atoms with van der Waals surface area (Å²) in [6, 6.07) is 0.320. The summed E-state index contributed by atoms with van der Waals surface area (Å²) in [6.45, 7) is 8.08. The van der Waals surface area contributed by atoms with Gasteiger partial charge in [-0.1, -0.05) is 20.8 Å². The monoisotopic (exact) mass is 244 g/mol. The van der Waals surface area contributed by atoms with Crippen LogP contribution in [0.5, 0.6) is 0 Å². The third-order valence-corrected chi connectivity index (χ3v) is 3.05. The van der Waals surface area contributed by atoms with Crippen molar-refractivity contribution < 1.29 is 9.53 Å². The van der Waals surface area contributed by atoms with E-state index in [1.54, 1.807) is 7.11 Å². The largest absolute Gasteiger partial charge is 0.384 e. The predicted octanol–water partition coefficient (Wildman–Crippen LogP) is 1.63. The topological polar surface area (TPSA) is 55.6 Å². The average Bonchev–Trinajstić information content (AvgIpc) is 2.29. The van der Waals surface area contributed by atoms with E-state index in [9.17, 15) is 4.79 Å². The van der Waals surface area contributed by atoms with E-state index in [1.807, 2.05) is 11.8 Å². The van der Waals surface area contributed by atoms with E-state index in [0.29, 0.717) is 32.2 Å². The van der Waals surface area contributed by atoms with Gasteiger partial charge in [0.15, 0.2) is 0 Å². The number of hydrogen-bond acceptors (Lipinski definition) is 3. The van der Waals surface area contributed by atoms with E-state index in [-0.39, 0.29) is 11.8 Å². The first kappa shape index (κ1) is 16.4. The standard InChI is InChI=1S/C13H28N2O2/c1-5-12(6-2)15(8-7-14)13(16)9-11(3)10-17-4/h11-12H,5-10,14H2,1-4H3.